The molecule has 16 heavy (non-hydrogen) atoms. The second-order valence-corrected chi connectivity index (χ2v) is 3.44. The average molecular weight is 224 g/mol. The molecular weight excluding hydrogens is 214 g/mol. The molecule has 1 heterocycles. The summed E-state index contributed by atoms with van der Waals surface area (Å²) >= 11 is 0. The number of nitrogen functional groups attached to an aromatic ring is 1. The van der Waals surface area contributed by atoms with Crippen LogP contribution in [0.5, 0.6) is 0 Å². The Morgan fingerprint density at radius 1 is 1.38 bits per heavy atom. The van der Waals surface area contributed by atoms with Gasteiger partial charge in [-0.25, -0.2) is 8.78 Å². The zero-order valence-electron chi connectivity index (χ0n) is 8.63. The third-order valence-corrected chi connectivity index (χ3v) is 2.51. The molecule has 0 fully saturated rings. The lowest BCUT2D eigenvalue weighted by atomic mass is 10.1. The molecule has 84 valence electrons. The molecule has 0 saturated carbocycles. The summed E-state index contributed by atoms with van der Waals surface area (Å²) in [7, 11) is 0. The minimum atomic E-state index is -0.880. The summed E-state index contributed by atoms with van der Waals surface area (Å²) in [5.74, 6) is -1.69. The molecule has 2 aromatic rings. The Morgan fingerprint density at radius 3 is 2.69 bits per heavy atom. The van der Waals surface area contributed by atoms with Crippen LogP contribution < -0.4 is 11.3 Å². The van der Waals surface area contributed by atoms with Crippen molar-refractivity contribution in [3.63, 3.8) is 0 Å². The van der Waals surface area contributed by atoms with Crippen LogP contribution >= 0.6 is 0 Å². The Hall–Kier alpha value is -1.91. The summed E-state index contributed by atoms with van der Waals surface area (Å²) in [4.78, 5) is 11.5. The molecule has 0 aliphatic heterocycles. The minimum Gasteiger partial charge on any atom is -0.394 e. The maximum absolute atomic E-state index is 13.8. The Balaban J connectivity index is 3.03. The molecule has 0 unspecified atom stereocenters. The number of hydrogen-bond donors (Lipinski definition) is 1. The lowest BCUT2D eigenvalue weighted by molar-refractivity contribution is 0.591. The molecular formula is C11H10F2N2O. The average Bonchev–Trinajstić information content (AvgIpc) is 2.27. The summed E-state index contributed by atoms with van der Waals surface area (Å²) in [6.45, 7) is 2.01. The first-order valence-corrected chi connectivity index (χ1v) is 4.83. The first-order chi connectivity index (χ1) is 7.56. The standard InChI is InChI=1S/C11H10F2N2O/c1-2-15-8(16)4-3-6-5-7(12)10(14)9(13)11(6)15/h3-5H,2,14H2,1H3. The maximum atomic E-state index is 13.8. The van der Waals surface area contributed by atoms with Gasteiger partial charge in [-0.15, -0.1) is 0 Å². The third-order valence-electron chi connectivity index (χ3n) is 2.51. The van der Waals surface area contributed by atoms with E-state index in [1.165, 1.54) is 16.7 Å². The van der Waals surface area contributed by atoms with Crippen LogP contribution in [0.15, 0.2) is 23.0 Å². The van der Waals surface area contributed by atoms with Crippen LogP contribution in [0.3, 0.4) is 0 Å². The molecule has 2 rings (SSSR count). The summed E-state index contributed by atoms with van der Waals surface area (Å²) in [5, 5.41) is 0.325. The fourth-order valence-electron chi connectivity index (χ4n) is 1.72. The van der Waals surface area contributed by atoms with E-state index in [1.54, 1.807) is 6.92 Å². The van der Waals surface area contributed by atoms with Gasteiger partial charge in [-0.1, -0.05) is 0 Å². The highest BCUT2D eigenvalue weighted by atomic mass is 19.1. The van der Waals surface area contributed by atoms with E-state index in [0.717, 1.165) is 6.07 Å². The number of nitrogens with two attached hydrogens (primary N) is 1. The molecule has 1 aromatic heterocycles. The Labute approximate surface area is 90.1 Å². The van der Waals surface area contributed by atoms with Crippen molar-refractivity contribution < 1.29 is 8.78 Å². The van der Waals surface area contributed by atoms with Crippen LogP contribution in [0.2, 0.25) is 0 Å². The van der Waals surface area contributed by atoms with Crippen LogP contribution in [0.4, 0.5) is 14.5 Å². The van der Waals surface area contributed by atoms with Gasteiger partial charge in [0, 0.05) is 18.0 Å². The van der Waals surface area contributed by atoms with Gasteiger partial charge in [0.2, 0.25) is 0 Å². The zero-order chi connectivity index (χ0) is 11.9. The fraction of sp³-hybridized carbons (Fsp3) is 0.182. The Bertz CT molecular complexity index is 619. The van der Waals surface area contributed by atoms with E-state index in [1.807, 2.05) is 0 Å². The van der Waals surface area contributed by atoms with Gasteiger partial charge in [-0.2, -0.15) is 0 Å². The fourth-order valence-corrected chi connectivity index (χ4v) is 1.72. The summed E-state index contributed by atoms with van der Waals surface area (Å²) < 4.78 is 28.2. The number of nitrogens with zero attached hydrogens (tertiary/aromatic N) is 1. The largest absolute Gasteiger partial charge is 0.394 e. The number of rotatable bonds is 1. The highest BCUT2D eigenvalue weighted by molar-refractivity contribution is 5.83. The van der Waals surface area contributed by atoms with Gasteiger partial charge in [0.05, 0.1) is 5.52 Å². The molecule has 0 atom stereocenters. The lowest BCUT2D eigenvalue weighted by Crippen LogP contribution is -2.19. The second-order valence-electron chi connectivity index (χ2n) is 3.44. The van der Waals surface area contributed by atoms with Crippen molar-refractivity contribution >= 4 is 16.6 Å². The molecule has 3 nitrogen and oxygen atoms in total. The SMILES string of the molecule is CCn1c(=O)ccc2cc(F)c(N)c(F)c21. The van der Waals surface area contributed by atoms with Gasteiger partial charge in [0.1, 0.15) is 11.5 Å². The van der Waals surface area contributed by atoms with E-state index < -0.39 is 17.3 Å². The van der Waals surface area contributed by atoms with E-state index in [9.17, 15) is 13.6 Å². The number of hydrogen-bond acceptors (Lipinski definition) is 2. The molecule has 0 aliphatic carbocycles. The van der Waals surface area contributed by atoms with E-state index in [2.05, 4.69) is 0 Å². The molecule has 0 amide bonds. The van der Waals surface area contributed by atoms with Crippen LogP contribution in [0, 0.1) is 11.6 Å². The Kier molecular flexibility index (Phi) is 2.38. The topological polar surface area (TPSA) is 48.0 Å². The van der Waals surface area contributed by atoms with Crippen LogP contribution in [0.1, 0.15) is 6.92 Å². The molecule has 0 bridgehead atoms. The minimum absolute atomic E-state index is 0.0499. The number of fused-ring (bicyclic) bond motifs is 1. The maximum Gasteiger partial charge on any atom is 0.251 e. The van der Waals surface area contributed by atoms with Gasteiger partial charge in [0.15, 0.2) is 5.82 Å². The zero-order valence-corrected chi connectivity index (χ0v) is 8.63. The Morgan fingerprint density at radius 2 is 2.06 bits per heavy atom. The normalized spacial score (nSPS) is 10.9. The monoisotopic (exact) mass is 224 g/mol. The quantitative estimate of drug-likeness (QED) is 0.752. The summed E-state index contributed by atoms with van der Waals surface area (Å²) in [6, 6.07) is 3.79. The van der Waals surface area contributed by atoms with Crippen LogP contribution in [-0.4, -0.2) is 4.57 Å². The summed E-state index contributed by atoms with van der Waals surface area (Å²) in [6.07, 6.45) is 0. The van der Waals surface area contributed by atoms with Gasteiger partial charge < -0.3 is 10.3 Å². The van der Waals surface area contributed by atoms with Gasteiger partial charge in [-0.05, 0) is 19.1 Å². The molecule has 0 saturated heterocycles. The van der Waals surface area contributed by atoms with E-state index in [0.29, 0.717) is 11.9 Å². The molecule has 0 radical (unpaired) electrons. The first kappa shape index (κ1) is 10.6. The lowest BCUT2D eigenvalue weighted by Gasteiger charge is -2.10. The highest BCUT2D eigenvalue weighted by Crippen LogP contribution is 2.24. The molecule has 2 N–H and O–H groups in total. The molecule has 0 aliphatic rings. The van der Waals surface area contributed by atoms with E-state index in [4.69, 9.17) is 5.73 Å². The van der Waals surface area contributed by atoms with Crippen molar-refractivity contribution in [3.05, 3.63) is 40.2 Å². The number of anilines is 1. The van der Waals surface area contributed by atoms with Crippen LogP contribution in [0.25, 0.3) is 10.9 Å². The highest BCUT2D eigenvalue weighted by Gasteiger charge is 2.14. The van der Waals surface area contributed by atoms with Gasteiger partial charge in [-0.3, -0.25) is 4.79 Å². The summed E-state index contributed by atoms with van der Waals surface area (Å²) in [5.41, 5.74) is 4.42. The smallest absolute Gasteiger partial charge is 0.251 e. The van der Waals surface area contributed by atoms with Crippen molar-refractivity contribution in [2.24, 2.45) is 0 Å². The third kappa shape index (κ3) is 1.36. The van der Waals surface area contributed by atoms with E-state index >= 15 is 0 Å². The number of aromatic nitrogens is 1. The molecule has 0 spiro atoms. The first-order valence-electron chi connectivity index (χ1n) is 4.83. The van der Waals surface area contributed by atoms with Crippen LogP contribution in [-0.2, 0) is 6.54 Å². The van der Waals surface area contributed by atoms with Crippen molar-refractivity contribution in [2.75, 3.05) is 5.73 Å². The molecule has 1 aromatic carbocycles. The van der Waals surface area contributed by atoms with Gasteiger partial charge in [0.25, 0.3) is 5.56 Å². The number of aryl methyl sites for hydroxylation is 1. The van der Waals surface area contributed by atoms with Crippen molar-refractivity contribution in [3.8, 4) is 0 Å². The molecule has 5 heteroatoms. The second kappa shape index (κ2) is 3.59. The predicted octanol–water partition coefficient (Wildman–Crippen LogP) is 1.88. The number of benzene rings is 1. The number of pyridine rings is 1. The van der Waals surface area contributed by atoms with Crippen molar-refractivity contribution in [1.29, 1.82) is 0 Å². The van der Waals surface area contributed by atoms with Crippen molar-refractivity contribution in [1.82, 2.24) is 4.57 Å². The van der Waals surface area contributed by atoms with E-state index in [-0.39, 0.29) is 11.1 Å². The number of halogens is 2. The van der Waals surface area contributed by atoms with Gasteiger partial charge >= 0.3 is 0 Å². The predicted molar refractivity (Wildman–Crippen MR) is 58.2 cm³/mol. The van der Waals surface area contributed by atoms with Crippen molar-refractivity contribution in [2.45, 2.75) is 13.5 Å².